The summed E-state index contributed by atoms with van der Waals surface area (Å²) in [5, 5.41) is 12.6. The maximum atomic E-state index is 13.5. The van der Waals surface area contributed by atoms with E-state index in [-0.39, 0.29) is 29.1 Å². The number of hydrogen-bond acceptors (Lipinski definition) is 5. The van der Waals surface area contributed by atoms with E-state index in [1.165, 1.54) is 43.4 Å². The molecule has 1 aliphatic carbocycles. The van der Waals surface area contributed by atoms with Gasteiger partial charge in [0.15, 0.2) is 0 Å². The Labute approximate surface area is 201 Å². The van der Waals surface area contributed by atoms with Gasteiger partial charge in [0, 0.05) is 24.1 Å². The molecular weight excluding hydrogens is 471 g/mol. The molecule has 7 nitrogen and oxygen atoms in total. The van der Waals surface area contributed by atoms with Gasteiger partial charge in [0.2, 0.25) is 10.0 Å². The average Bonchev–Trinajstić information content (AvgIpc) is 3.60. The summed E-state index contributed by atoms with van der Waals surface area (Å²) < 4.78 is 48.1. The largest absolute Gasteiger partial charge is 0.508 e. The van der Waals surface area contributed by atoms with Crippen molar-refractivity contribution in [3.8, 4) is 17.1 Å². The minimum atomic E-state index is -3.77. The number of nitrogens with one attached hydrogen (secondary N) is 2. The normalized spacial score (nSPS) is 13.7. The van der Waals surface area contributed by atoms with E-state index in [1.54, 1.807) is 18.2 Å². The second-order valence-electron chi connectivity index (χ2n) is 8.63. The molecule has 0 atom stereocenters. The molecule has 0 bridgehead atoms. The molecule has 35 heavy (non-hydrogen) atoms. The smallest absolute Gasteiger partial charge is 0.255 e. The minimum absolute atomic E-state index is 0.0577. The van der Waals surface area contributed by atoms with Crippen LogP contribution in [0.3, 0.4) is 0 Å². The third-order valence-electron chi connectivity index (χ3n) is 6.00. The third kappa shape index (κ3) is 4.72. The van der Waals surface area contributed by atoms with Crippen molar-refractivity contribution in [1.29, 1.82) is 0 Å². The maximum absolute atomic E-state index is 13.5. The minimum Gasteiger partial charge on any atom is -0.508 e. The first kappa shape index (κ1) is 22.9. The van der Waals surface area contributed by atoms with Crippen LogP contribution in [-0.4, -0.2) is 26.5 Å². The highest BCUT2D eigenvalue weighted by atomic mass is 32.2. The number of aromatic hydroxyl groups is 1. The zero-order valence-corrected chi connectivity index (χ0v) is 19.7. The summed E-state index contributed by atoms with van der Waals surface area (Å²) in [6.07, 6.45) is 1.83. The molecule has 3 aromatic carbocycles. The quantitative estimate of drug-likeness (QED) is 0.330. The van der Waals surface area contributed by atoms with Crippen LogP contribution in [0.25, 0.3) is 22.3 Å². The van der Waals surface area contributed by atoms with Crippen LogP contribution in [0.2, 0.25) is 0 Å². The second-order valence-corrected chi connectivity index (χ2v) is 10.4. The molecule has 0 saturated heterocycles. The van der Waals surface area contributed by atoms with Crippen LogP contribution in [0.5, 0.6) is 5.75 Å². The number of phenols is 1. The first-order chi connectivity index (χ1) is 16.7. The van der Waals surface area contributed by atoms with Crippen LogP contribution in [0.4, 0.5) is 10.1 Å². The number of hydrogen-bond donors (Lipinski definition) is 3. The Bertz CT molecular complexity index is 1520. The van der Waals surface area contributed by atoms with Gasteiger partial charge in [-0.05, 0) is 72.4 Å². The van der Waals surface area contributed by atoms with E-state index in [4.69, 9.17) is 4.42 Å². The predicted molar refractivity (Wildman–Crippen MR) is 131 cm³/mol. The molecule has 1 fully saturated rings. The summed E-state index contributed by atoms with van der Waals surface area (Å²) in [5.41, 5.74) is 2.92. The number of carbonyl (C=O) groups excluding carboxylic acids is 1. The Morgan fingerprint density at radius 1 is 1.09 bits per heavy atom. The van der Waals surface area contributed by atoms with Gasteiger partial charge in [-0.1, -0.05) is 12.1 Å². The van der Waals surface area contributed by atoms with E-state index in [9.17, 15) is 22.7 Å². The Morgan fingerprint density at radius 3 is 2.40 bits per heavy atom. The fraction of sp³-hybridized carbons (Fsp3) is 0.192. The van der Waals surface area contributed by atoms with Gasteiger partial charge in [-0.15, -0.1) is 0 Å². The van der Waals surface area contributed by atoms with Crippen molar-refractivity contribution in [2.45, 2.75) is 24.5 Å². The van der Waals surface area contributed by atoms with Crippen molar-refractivity contribution >= 4 is 32.6 Å². The average molecular weight is 495 g/mol. The van der Waals surface area contributed by atoms with Gasteiger partial charge in [-0.3, -0.25) is 9.52 Å². The van der Waals surface area contributed by atoms with Crippen LogP contribution in [0.1, 0.15) is 40.2 Å². The van der Waals surface area contributed by atoms with Crippen LogP contribution >= 0.6 is 0 Å². The van der Waals surface area contributed by atoms with Crippen molar-refractivity contribution < 1.29 is 27.1 Å². The van der Waals surface area contributed by atoms with Crippen molar-refractivity contribution in [2.75, 3.05) is 11.8 Å². The lowest BCUT2D eigenvalue weighted by Crippen LogP contribution is -2.18. The number of phenolic OH excluding ortho intramolecular Hbond substituents is 1. The maximum Gasteiger partial charge on any atom is 0.255 e. The molecule has 0 unspecified atom stereocenters. The molecule has 1 heterocycles. The fourth-order valence-electron chi connectivity index (χ4n) is 4.15. The lowest BCUT2D eigenvalue weighted by atomic mass is 10.0. The van der Waals surface area contributed by atoms with Gasteiger partial charge in [0.05, 0.1) is 17.0 Å². The van der Waals surface area contributed by atoms with E-state index < -0.39 is 15.8 Å². The molecule has 3 N–H and O–H groups in total. The Morgan fingerprint density at radius 2 is 1.77 bits per heavy atom. The van der Waals surface area contributed by atoms with Crippen molar-refractivity contribution in [3.05, 3.63) is 83.2 Å². The highest BCUT2D eigenvalue weighted by Gasteiger charge is 2.31. The third-order valence-corrected chi connectivity index (χ3v) is 7.24. The van der Waals surface area contributed by atoms with E-state index in [0.29, 0.717) is 33.3 Å². The molecule has 1 amide bonds. The summed E-state index contributed by atoms with van der Waals surface area (Å²) in [7, 11) is -2.26. The monoisotopic (exact) mass is 494 g/mol. The Hall–Kier alpha value is -3.85. The molecule has 1 saturated carbocycles. The number of rotatable bonds is 7. The zero-order chi connectivity index (χ0) is 24.7. The molecule has 0 spiro atoms. The zero-order valence-electron chi connectivity index (χ0n) is 18.8. The van der Waals surface area contributed by atoms with Gasteiger partial charge in [-0.2, -0.15) is 0 Å². The molecular formula is C26H23FN2O5S. The summed E-state index contributed by atoms with van der Waals surface area (Å²) in [6, 6.07) is 15.0. The number of anilines is 1. The lowest BCUT2D eigenvalue weighted by Gasteiger charge is -2.13. The van der Waals surface area contributed by atoms with Crippen LogP contribution in [-0.2, 0) is 15.8 Å². The number of benzene rings is 3. The Balaban J connectivity index is 1.59. The van der Waals surface area contributed by atoms with E-state index >= 15 is 0 Å². The number of amides is 1. The molecule has 9 heteroatoms. The SMILES string of the molecule is CNC(=O)c1c(-c2ccc(F)cc2)oc2cc(NS(=O)(=O)Cc3ccc(O)cc3)c(C3CC3)cc12. The van der Waals surface area contributed by atoms with Crippen molar-refractivity contribution in [1.82, 2.24) is 5.32 Å². The number of fused-ring (bicyclic) bond motifs is 1. The highest BCUT2D eigenvalue weighted by Crippen LogP contribution is 2.47. The Kier molecular flexibility index (Phi) is 5.72. The number of halogens is 1. The molecule has 1 aliphatic rings. The summed E-state index contributed by atoms with van der Waals surface area (Å²) in [6.45, 7) is 0. The highest BCUT2D eigenvalue weighted by molar-refractivity contribution is 7.91. The second kappa shape index (κ2) is 8.74. The van der Waals surface area contributed by atoms with Gasteiger partial charge in [0.25, 0.3) is 5.91 Å². The number of carbonyl (C=O) groups is 1. The van der Waals surface area contributed by atoms with E-state index in [2.05, 4.69) is 10.0 Å². The summed E-state index contributed by atoms with van der Waals surface area (Å²) in [4.78, 5) is 12.8. The predicted octanol–water partition coefficient (Wildman–Crippen LogP) is 5.12. The molecule has 0 radical (unpaired) electrons. The van der Waals surface area contributed by atoms with Gasteiger partial charge in [0.1, 0.15) is 22.9 Å². The topological polar surface area (TPSA) is 109 Å². The molecule has 0 aliphatic heterocycles. The van der Waals surface area contributed by atoms with Crippen LogP contribution in [0, 0.1) is 5.82 Å². The van der Waals surface area contributed by atoms with Crippen LogP contribution < -0.4 is 10.0 Å². The fourth-order valence-corrected chi connectivity index (χ4v) is 5.37. The first-order valence-corrected chi connectivity index (χ1v) is 12.8. The van der Waals surface area contributed by atoms with Crippen LogP contribution in [0.15, 0.2) is 65.1 Å². The van der Waals surface area contributed by atoms with Gasteiger partial charge in [-0.25, -0.2) is 12.8 Å². The molecule has 5 rings (SSSR count). The van der Waals surface area contributed by atoms with Gasteiger partial charge >= 0.3 is 0 Å². The number of furan rings is 1. The standard InChI is InChI=1S/C26H23FN2O5S/c1-28-26(31)24-21-12-20(16-4-5-16)22(29-35(32,33)14-15-2-10-19(30)11-3-15)13-23(21)34-25(24)17-6-8-18(27)9-7-17/h2-3,6-13,16,29-30H,4-5,14H2,1H3,(H,28,31). The van der Waals surface area contributed by atoms with Crippen molar-refractivity contribution in [3.63, 3.8) is 0 Å². The first-order valence-electron chi connectivity index (χ1n) is 11.1. The van der Waals surface area contributed by atoms with E-state index in [1.807, 2.05) is 6.07 Å². The summed E-state index contributed by atoms with van der Waals surface area (Å²) >= 11 is 0. The molecule has 4 aromatic rings. The van der Waals surface area contributed by atoms with Gasteiger partial charge < -0.3 is 14.8 Å². The van der Waals surface area contributed by atoms with E-state index in [0.717, 1.165) is 18.4 Å². The summed E-state index contributed by atoms with van der Waals surface area (Å²) in [5.74, 6) is -0.518. The number of sulfonamides is 1. The lowest BCUT2D eigenvalue weighted by molar-refractivity contribution is 0.0964. The molecule has 1 aromatic heterocycles. The molecule has 180 valence electrons. The van der Waals surface area contributed by atoms with Crippen molar-refractivity contribution in [2.24, 2.45) is 0 Å².